The molecule has 1 aliphatic rings. The second kappa shape index (κ2) is 7.88. The van der Waals surface area contributed by atoms with Crippen LogP contribution in [0.4, 0.5) is 10.1 Å². The van der Waals surface area contributed by atoms with Gasteiger partial charge in [0.2, 0.25) is 0 Å². The quantitative estimate of drug-likeness (QED) is 0.696. The molecular weight excluding hydrogens is 343 g/mol. The highest BCUT2D eigenvalue weighted by Crippen LogP contribution is 2.17. The van der Waals surface area contributed by atoms with E-state index in [-0.39, 0.29) is 11.4 Å². The number of piperazine rings is 1. The van der Waals surface area contributed by atoms with E-state index in [1.165, 1.54) is 18.3 Å². The van der Waals surface area contributed by atoms with Crippen LogP contribution in [-0.2, 0) is 6.54 Å². The van der Waals surface area contributed by atoms with E-state index < -0.39 is 0 Å². The molecule has 0 radical (unpaired) electrons. The van der Waals surface area contributed by atoms with Gasteiger partial charge in [0.15, 0.2) is 0 Å². The summed E-state index contributed by atoms with van der Waals surface area (Å²) < 4.78 is 14.9. The fourth-order valence-electron chi connectivity index (χ4n) is 3.68. The van der Waals surface area contributed by atoms with Gasteiger partial charge in [-0.15, -0.1) is 0 Å². The third-order valence-electron chi connectivity index (χ3n) is 5.17. The molecule has 0 aliphatic carbocycles. The van der Waals surface area contributed by atoms with Crippen molar-refractivity contribution in [2.24, 2.45) is 0 Å². The zero-order valence-electron chi connectivity index (χ0n) is 15.2. The average molecular weight is 366 g/mol. The smallest absolute Gasteiger partial charge is 0.269 e. The molecule has 0 saturated carbocycles. The van der Waals surface area contributed by atoms with Crippen molar-refractivity contribution in [3.8, 4) is 0 Å². The third kappa shape index (κ3) is 4.01. The van der Waals surface area contributed by atoms with Crippen molar-refractivity contribution in [3.05, 3.63) is 70.9 Å². The Morgan fingerprint density at radius 3 is 2.44 bits per heavy atom. The number of aromatic nitrogens is 2. The van der Waals surface area contributed by atoms with Gasteiger partial charge in [0.25, 0.3) is 5.56 Å². The summed E-state index contributed by atoms with van der Waals surface area (Å²) in [5.41, 5.74) is 2.77. The molecule has 0 bridgehead atoms. The molecule has 3 aromatic rings. The molecule has 0 N–H and O–H groups in total. The first kappa shape index (κ1) is 17.7. The number of hydrogen-bond acceptors (Lipinski definition) is 4. The Hall–Kier alpha value is -2.73. The van der Waals surface area contributed by atoms with Gasteiger partial charge >= 0.3 is 0 Å². The maximum Gasteiger partial charge on any atom is 0.269 e. The first-order valence-electron chi connectivity index (χ1n) is 9.38. The van der Waals surface area contributed by atoms with Crippen molar-refractivity contribution < 1.29 is 4.39 Å². The molecule has 1 aliphatic heterocycles. The standard InChI is InChI=1S/C21H23FN4O/c22-17-6-8-18(9-7-17)25-14-12-24(13-15-25)10-3-11-26-20-5-2-1-4-19(20)23-16-21(26)27/h1-2,4-9,16H,3,10-15H2. The van der Waals surface area contributed by atoms with Gasteiger partial charge in [0.1, 0.15) is 5.82 Å². The predicted molar refractivity (Wildman–Crippen MR) is 106 cm³/mol. The zero-order chi connectivity index (χ0) is 18.6. The summed E-state index contributed by atoms with van der Waals surface area (Å²) in [5, 5.41) is 0. The summed E-state index contributed by atoms with van der Waals surface area (Å²) in [5.74, 6) is -0.198. The van der Waals surface area contributed by atoms with Crippen LogP contribution < -0.4 is 10.5 Å². The van der Waals surface area contributed by atoms with Crippen molar-refractivity contribution in [1.29, 1.82) is 0 Å². The molecule has 0 spiro atoms. The Bertz CT molecular complexity index is 962. The van der Waals surface area contributed by atoms with Gasteiger partial charge < -0.3 is 9.47 Å². The topological polar surface area (TPSA) is 41.4 Å². The predicted octanol–water partition coefficient (Wildman–Crippen LogP) is 2.75. The molecular formula is C21H23FN4O. The van der Waals surface area contributed by atoms with Crippen molar-refractivity contribution in [2.45, 2.75) is 13.0 Å². The summed E-state index contributed by atoms with van der Waals surface area (Å²) in [6.07, 6.45) is 2.33. The minimum absolute atomic E-state index is 0.0465. The van der Waals surface area contributed by atoms with E-state index >= 15 is 0 Å². The molecule has 1 saturated heterocycles. The van der Waals surface area contributed by atoms with E-state index in [0.29, 0.717) is 6.54 Å². The third-order valence-corrected chi connectivity index (χ3v) is 5.17. The molecule has 27 heavy (non-hydrogen) atoms. The summed E-state index contributed by atoms with van der Waals surface area (Å²) in [6.45, 7) is 5.47. The zero-order valence-corrected chi connectivity index (χ0v) is 15.2. The molecule has 0 amide bonds. The van der Waals surface area contributed by atoms with Crippen LogP contribution in [0.1, 0.15) is 6.42 Å². The number of anilines is 1. The molecule has 0 atom stereocenters. The fraction of sp³-hybridized carbons (Fsp3) is 0.333. The minimum atomic E-state index is -0.198. The summed E-state index contributed by atoms with van der Waals surface area (Å²) in [6, 6.07) is 14.5. The monoisotopic (exact) mass is 366 g/mol. The van der Waals surface area contributed by atoms with Gasteiger partial charge in [-0.2, -0.15) is 0 Å². The Morgan fingerprint density at radius 1 is 0.926 bits per heavy atom. The van der Waals surface area contributed by atoms with Crippen LogP contribution in [-0.4, -0.2) is 47.2 Å². The number of benzene rings is 2. The number of halogens is 1. The SMILES string of the molecule is O=c1cnc2ccccc2n1CCCN1CCN(c2ccc(F)cc2)CC1. The lowest BCUT2D eigenvalue weighted by molar-refractivity contribution is 0.250. The summed E-state index contributed by atoms with van der Waals surface area (Å²) >= 11 is 0. The number of para-hydroxylation sites is 2. The van der Waals surface area contributed by atoms with Gasteiger partial charge in [-0.1, -0.05) is 12.1 Å². The highest BCUT2D eigenvalue weighted by Gasteiger charge is 2.17. The maximum atomic E-state index is 13.1. The maximum absolute atomic E-state index is 13.1. The van der Waals surface area contributed by atoms with Crippen LogP contribution in [0.5, 0.6) is 0 Å². The van der Waals surface area contributed by atoms with Crippen molar-refractivity contribution in [3.63, 3.8) is 0 Å². The van der Waals surface area contributed by atoms with Gasteiger partial charge in [0, 0.05) is 38.4 Å². The van der Waals surface area contributed by atoms with Crippen molar-refractivity contribution in [1.82, 2.24) is 14.5 Å². The van der Waals surface area contributed by atoms with Gasteiger partial charge in [-0.05, 0) is 49.4 Å². The number of nitrogens with zero attached hydrogens (tertiary/aromatic N) is 4. The number of rotatable bonds is 5. The van der Waals surface area contributed by atoms with Gasteiger partial charge in [-0.25, -0.2) is 9.37 Å². The summed E-state index contributed by atoms with van der Waals surface area (Å²) in [4.78, 5) is 21.1. The van der Waals surface area contributed by atoms with Gasteiger partial charge in [0.05, 0.1) is 17.2 Å². The highest BCUT2D eigenvalue weighted by molar-refractivity contribution is 5.74. The highest BCUT2D eigenvalue weighted by atomic mass is 19.1. The Labute approximate surface area is 157 Å². The first-order valence-corrected chi connectivity index (χ1v) is 9.38. The Kier molecular flexibility index (Phi) is 5.16. The van der Waals surface area contributed by atoms with E-state index in [1.807, 2.05) is 41.0 Å². The summed E-state index contributed by atoms with van der Waals surface area (Å²) in [7, 11) is 0. The fourth-order valence-corrected chi connectivity index (χ4v) is 3.68. The molecule has 1 fully saturated rings. The second-order valence-corrected chi connectivity index (χ2v) is 6.90. The largest absolute Gasteiger partial charge is 0.369 e. The minimum Gasteiger partial charge on any atom is -0.369 e. The second-order valence-electron chi connectivity index (χ2n) is 6.90. The van der Waals surface area contributed by atoms with Crippen molar-refractivity contribution in [2.75, 3.05) is 37.6 Å². The van der Waals surface area contributed by atoms with E-state index in [0.717, 1.165) is 55.9 Å². The normalized spacial score (nSPS) is 15.4. The first-order chi connectivity index (χ1) is 13.2. The molecule has 2 aromatic carbocycles. The van der Waals surface area contributed by atoms with E-state index in [4.69, 9.17) is 0 Å². The lowest BCUT2D eigenvalue weighted by Crippen LogP contribution is -2.46. The van der Waals surface area contributed by atoms with Crippen LogP contribution in [0.3, 0.4) is 0 Å². The van der Waals surface area contributed by atoms with E-state index in [2.05, 4.69) is 14.8 Å². The molecule has 4 rings (SSSR count). The lowest BCUT2D eigenvalue weighted by atomic mass is 10.2. The number of aryl methyl sites for hydroxylation is 1. The van der Waals surface area contributed by atoms with Crippen LogP contribution >= 0.6 is 0 Å². The Morgan fingerprint density at radius 2 is 1.67 bits per heavy atom. The number of hydrogen-bond donors (Lipinski definition) is 0. The van der Waals surface area contributed by atoms with Gasteiger partial charge in [-0.3, -0.25) is 9.69 Å². The van der Waals surface area contributed by atoms with E-state index in [1.54, 1.807) is 0 Å². The molecule has 140 valence electrons. The van der Waals surface area contributed by atoms with Crippen LogP contribution in [0.15, 0.2) is 59.5 Å². The molecule has 6 heteroatoms. The molecule has 5 nitrogen and oxygen atoms in total. The molecule has 1 aromatic heterocycles. The van der Waals surface area contributed by atoms with Crippen LogP contribution in [0.25, 0.3) is 11.0 Å². The van der Waals surface area contributed by atoms with E-state index in [9.17, 15) is 9.18 Å². The number of fused-ring (bicyclic) bond motifs is 1. The lowest BCUT2D eigenvalue weighted by Gasteiger charge is -2.36. The molecule has 2 heterocycles. The molecule has 0 unspecified atom stereocenters. The Balaban J connectivity index is 1.32. The van der Waals surface area contributed by atoms with Crippen LogP contribution in [0.2, 0.25) is 0 Å². The van der Waals surface area contributed by atoms with Crippen molar-refractivity contribution >= 4 is 16.7 Å². The average Bonchev–Trinajstić information content (AvgIpc) is 2.71. The van der Waals surface area contributed by atoms with Crippen LogP contribution in [0, 0.1) is 5.82 Å².